The van der Waals surface area contributed by atoms with Crippen molar-refractivity contribution in [3.63, 3.8) is 0 Å². The number of aromatic carboxylic acids is 1. The minimum atomic E-state index is -1.08. The zero-order chi connectivity index (χ0) is 11.4. The van der Waals surface area contributed by atoms with Gasteiger partial charge in [0.2, 0.25) is 5.91 Å². The molecule has 0 atom stereocenters. The molecule has 0 aromatic heterocycles. The molecular formula is C9H7Br2NO3. The van der Waals surface area contributed by atoms with Crippen molar-refractivity contribution in [1.82, 2.24) is 0 Å². The van der Waals surface area contributed by atoms with E-state index < -0.39 is 9.71 Å². The van der Waals surface area contributed by atoms with Crippen LogP contribution in [0.15, 0.2) is 24.3 Å². The van der Waals surface area contributed by atoms with Crippen molar-refractivity contribution in [3.8, 4) is 0 Å². The van der Waals surface area contributed by atoms with Crippen LogP contribution in [0.2, 0.25) is 0 Å². The Balaban J connectivity index is 2.94. The zero-order valence-electron chi connectivity index (χ0n) is 7.41. The maximum absolute atomic E-state index is 11.3. The summed E-state index contributed by atoms with van der Waals surface area (Å²) < 4.78 is -0.549. The molecule has 1 rings (SSSR count). The number of benzene rings is 1. The van der Waals surface area contributed by atoms with Gasteiger partial charge in [0.05, 0.1) is 11.3 Å². The second-order valence-electron chi connectivity index (χ2n) is 2.64. The summed E-state index contributed by atoms with van der Waals surface area (Å²) in [7, 11) is 0. The lowest BCUT2D eigenvalue weighted by molar-refractivity contribution is -0.114. The largest absolute Gasteiger partial charge is 0.478 e. The molecule has 15 heavy (non-hydrogen) atoms. The molecule has 0 aliphatic heterocycles. The van der Waals surface area contributed by atoms with Crippen molar-refractivity contribution in [2.75, 3.05) is 5.32 Å². The van der Waals surface area contributed by atoms with Gasteiger partial charge in [-0.1, -0.05) is 44.0 Å². The number of nitrogens with one attached hydrogen (secondary N) is 1. The summed E-state index contributed by atoms with van der Waals surface area (Å²) in [5.74, 6) is -1.43. The van der Waals surface area contributed by atoms with Gasteiger partial charge in [0.1, 0.15) is 3.74 Å². The third kappa shape index (κ3) is 3.32. The lowest BCUT2D eigenvalue weighted by atomic mass is 10.2. The molecule has 0 heterocycles. The summed E-state index contributed by atoms with van der Waals surface area (Å²) in [6.07, 6.45) is 0. The van der Waals surface area contributed by atoms with E-state index in [9.17, 15) is 9.59 Å². The lowest BCUT2D eigenvalue weighted by Gasteiger charge is -2.08. The summed E-state index contributed by atoms with van der Waals surface area (Å²) in [4.78, 5) is 22.1. The first-order valence-electron chi connectivity index (χ1n) is 3.93. The Morgan fingerprint density at radius 1 is 1.27 bits per heavy atom. The van der Waals surface area contributed by atoms with Crippen molar-refractivity contribution >= 4 is 49.4 Å². The maximum Gasteiger partial charge on any atom is 0.337 e. The Morgan fingerprint density at radius 2 is 1.87 bits per heavy atom. The highest BCUT2D eigenvalue weighted by Crippen LogP contribution is 2.17. The molecule has 0 spiro atoms. The van der Waals surface area contributed by atoms with Crippen molar-refractivity contribution < 1.29 is 14.7 Å². The van der Waals surface area contributed by atoms with E-state index in [4.69, 9.17) is 5.11 Å². The molecule has 80 valence electrons. The second kappa shape index (κ2) is 5.27. The molecule has 0 unspecified atom stereocenters. The SMILES string of the molecule is O=C(O)c1ccccc1NC(=O)C(Br)Br. The van der Waals surface area contributed by atoms with Gasteiger partial charge in [-0.25, -0.2) is 4.79 Å². The van der Waals surface area contributed by atoms with Gasteiger partial charge in [0.15, 0.2) is 0 Å². The van der Waals surface area contributed by atoms with Crippen LogP contribution in [-0.4, -0.2) is 20.7 Å². The molecule has 6 heteroatoms. The predicted octanol–water partition coefficient (Wildman–Crippen LogP) is 2.44. The molecule has 2 N–H and O–H groups in total. The highest BCUT2D eigenvalue weighted by Gasteiger charge is 2.14. The Labute approximate surface area is 103 Å². The van der Waals surface area contributed by atoms with E-state index in [0.717, 1.165) is 0 Å². The van der Waals surface area contributed by atoms with Gasteiger partial charge in [0.25, 0.3) is 0 Å². The first-order valence-corrected chi connectivity index (χ1v) is 5.77. The summed E-state index contributed by atoms with van der Waals surface area (Å²) in [6.45, 7) is 0. The molecule has 0 bridgehead atoms. The van der Waals surface area contributed by atoms with Gasteiger partial charge in [-0.3, -0.25) is 4.79 Å². The van der Waals surface area contributed by atoms with Crippen LogP contribution in [0.1, 0.15) is 10.4 Å². The lowest BCUT2D eigenvalue weighted by Crippen LogP contribution is -2.19. The minimum absolute atomic E-state index is 0.0616. The molecule has 0 radical (unpaired) electrons. The third-order valence-electron chi connectivity index (χ3n) is 1.61. The van der Waals surface area contributed by atoms with Gasteiger partial charge in [-0.2, -0.15) is 0 Å². The molecular weight excluding hydrogens is 330 g/mol. The molecule has 1 aromatic carbocycles. The fourth-order valence-corrected chi connectivity index (χ4v) is 1.19. The summed E-state index contributed by atoms with van der Waals surface area (Å²) in [5, 5.41) is 11.3. The highest BCUT2D eigenvalue weighted by molar-refractivity contribution is 9.25. The first kappa shape index (κ1) is 12.2. The fourth-order valence-electron chi connectivity index (χ4n) is 0.966. The number of hydrogen-bond acceptors (Lipinski definition) is 2. The maximum atomic E-state index is 11.3. The molecule has 4 nitrogen and oxygen atoms in total. The van der Waals surface area contributed by atoms with Gasteiger partial charge in [-0.05, 0) is 12.1 Å². The van der Waals surface area contributed by atoms with Gasteiger partial charge in [0, 0.05) is 0 Å². The van der Waals surface area contributed by atoms with Crippen LogP contribution in [0.4, 0.5) is 5.69 Å². The molecule has 0 aliphatic carbocycles. The smallest absolute Gasteiger partial charge is 0.337 e. The molecule has 0 saturated carbocycles. The first-order chi connectivity index (χ1) is 7.02. The Kier molecular flexibility index (Phi) is 4.28. The second-order valence-corrected chi connectivity index (χ2v) is 5.70. The average molecular weight is 337 g/mol. The number of para-hydroxylation sites is 1. The van der Waals surface area contributed by atoms with Crippen LogP contribution >= 0.6 is 31.9 Å². The number of carboxylic acids is 1. The van der Waals surface area contributed by atoms with E-state index in [2.05, 4.69) is 37.2 Å². The topological polar surface area (TPSA) is 66.4 Å². The molecule has 1 amide bonds. The van der Waals surface area contributed by atoms with Crippen LogP contribution in [0.25, 0.3) is 0 Å². The zero-order valence-corrected chi connectivity index (χ0v) is 10.6. The number of carbonyl (C=O) groups excluding carboxylic acids is 1. The standard InChI is InChI=1S/C9H7Br2NO3/c10-7(11)8(13)12-6-4-2-1-3-5(6)9(14)15/h1-4,7H,(H,12,13)(H,14,15). The van der Waals surface area contributed by atoms with Crippen LogP contribution in [0, 0.1) is 0 Å². The number of carbonyl (C=O) groups is 2. The third-order valence-corrected chi connectivity index (χ3v) is 2.45. The number of hydrogen-bond donors (Lipinski definition) is 2. The van der Waals surface area contributed by atoms with E-state index in [1.54, 1.807) is 12.1 Å². The normalized spacial score (nSPS) is 10.1. The molecule has 0 saturated heterocycles. The minimum Gasteiger partial charge on any atom is -0.478 e. The van der Waals surface area contributed by atoms with E-state index in [1.807, 2.05) is 0 Å². The summed E-state index contributed by atoms with van der Waals surface area (Å²) in [6, 6.07) is 6.21. The Morgan fingerprint density at radius 3 is 2.40 bits per heavy atom. The van der Waals surface area contributed by atoms with E-state index in [1.165, 1.54) is 12.1 Å². The Bertz CT molecular complexity index is 393. The molecule has 0 fully saturated rings. The molecule has 0 aliphatic rings. The Hall–Kier alpha value is -0.880. The summed E-state index contributed by atoms with van der Waals surface area (Å²) in [5.41, 5.74) is 0.338. The van der Waals surface area contributed by atoms with E-state index in [-0.39, 0.29) is 17.2 Å². The molecule has 1 aromatic rings. The number of amides is 1. The van der Waals surface area contributed by atoms with Crippen molar-refractivity contribution in [2.24, 2.45) is 0 Å². The van der Waals surface area contributed by atoms with Crippen molar-refractivity contribution in [3.05, 3.63) is 29.8 Å². The van der Waals surface area contributed by atoms with Gasteiger partial charge < -0.3 is 10.4 Å². The van der Waals surface area contributed by atoms with Crippen LogP contribution in [-0.2, 0) is 4.79 Å². The van der Waals surface area contributed by atoms with Crippen LogP contribution in [0.3, 0.4) is 0 Å². The number of rotatable bonds is 3. The highest BCUT2D eigenvalue weighted by atomic mass is 79.9. The van der Waals surface area contributed by atoms with E-state index in [0.29, 0.717) is 0 Å². The predicted molar refractivity (Wildman–Crippen MR) is 63.7 cm³/mol. The quantitative estimate of drug-likeness (QED) is 0.833. The monoisotopic (exact) mass is 335 g/mol. The summed E-state index contributed by atoms with van der Waals surface area (Å²) >= 11 is 6.03. The average Bonchev–Trinajstić information content (AvgIpc) is 2.18. The fraction of sp³-hybridized carbons (Fsp3) is 0.111. The number of halogens is 2. The number of carboxylic acid groups (broad SMARTS) is 1. The van der Waals surface area contributed by atoms with Gasteiger partial charge >= 0.3 is 5.97 Å². The van der Waals surface area contributed by atoms with Gasteiger partial charge in [-0.15, -0.1) is 0 Å². The van der Waals surface area contributed by atoms with Crippen LogP contribution < -0.4 is 5.32 Å². The van der Waals surface area contributed by atoms with Crippen molar-refractivity contribution in [2.45, 2.75) is 3.74 Å². The van der Waals surface area contributed by atoms with Crippen LogP contribution in [0.5, 0.6) is 0 Å². The van der Waals surface area contributed by atoms with Crippen molar-refractivity contribution in [1.29, 1.82) is 0 Å². The van der Waals surface area contributed by atoms with E-state index >= 15 is 0 Å². The number of anilines is 1. The number of alkyl halides is 2.